The van der Waals surface area contributed by atoms with Gasteiger partial charge in [0.1, 0.15) is 0 Å². The number of rotatable bonds is 5. The molecule has 0 saturated heterocycles. The summed E-state index contributed by atoms with van der Waals surface area (Å²) >= 11 is 0. The summed E-state index contributed by atoms with van der Waals surface area (Å²) in [6, 6.07) is 0. The van der Waals surface area contributed by atoms with Crippen LogP contribution in [0.4, 0.5) is 0 Å². The van der Waals surface area contributed by atoms with E-state index < -0.39 is 12.2 Å². The average Bonchev–Trinajstić information content (AvgIpc) is 1.97. The first kappa shape index (κ1) is 10.7. The Balaban J connectivity index is 3.31. The Morgan fingerprint density at radius 1 is 1.27 bits per heavy atom. The topological polar surface area (TPSA) is 40.5 Å². The molecule has 0 spiro atoms. The standard InChI is InChI=1S/C9H18O2/c1-3-4-5-6-7-9(11)8(2)10/h4-5,8-11H,3,6-7H2,1-2H3/b5-4+. The van der Waals surface area contributed by atoms with E-state index in [-0.39, 0.29) is 0 Å². The molecule has 0 aliphatic carbocycles. The number of hydrogen-bond acceptors (Lipinski definition) is 2. The van der Waals surface area contributed by atoms with E-state index in [4.69, 9.17) is 10.2 Å². The van der Waals surface area contributed by atoms with Gasteiger partial charge in [0, 0.05) is 0 Å². The number of hydrogen-bond donors (Lipinski definition) is 2. The molecule has 11 heavy (non-hydrogen) atoms. The minimum Gasteiger partial charge on any atom is -0.391 e. The molecule has 2 nitrogen and oxygen atoms in total. The second-order valence-corrected chi connectivity index (χ2v) is 2.76. The lowest BCUT2D eigenvalue weighted by Crippen LogP contribution is -2.21. The molecule has 0 saturated carbocycles. The summed E-state index contributed by atoms with van der Waals surface area (Å²) in [7, 11) is 0. The van der Waals surface area contributed by atoms with E-state index in [2.05, 4.69) is 13.0 Å². The first-order chi connectivity index (χ1) is 5.18. The monoisotopic (exact) mass is 158 g/mol. The quantitative estimate of drug-likeness (QED) is 0.595. The van der Waals surface area contributed by atoms with Crippen LogP contribution < -0.4 is 0 Å². The van der Waals surface area contributed by atoms with Crippen molar-refractivity contribution in [3.63, 3.8) is 0 Å². The SMILES string of the molecule is CC/C=C/CCC(O)C(C)O. The molecule has 66 valence electrons. The molecule has 0 fully saturated rings. The lowest BCUT2D eigenvalue weighted by molar-refractivity contribution is 0.0269. The van der Waals surface area contributed by atoms with Crippen LogP contribution in [0.2, 0.25) is 0 Å². The van der Waals surface area contributed by atoms with Crippen LogP contribution in [-0.2, 0) is 0 Å². The minimum atomic E-state index is -0.606. The maximum absolute atomic E-state index is 9.14. The van der Waals surface area contributed by atoms with Crippen molar-refractivity contribution in [3.8, 4) is 0 Å². The van der Waals surface area contributed by atoms with Crippen LogP contribution in [0.15, 0.2) is 12.2 Å². The largest absolute Gasteiger partial charge is 0.391 e. The van der Waals surface area contributed by atoms with E-state index >= 15 is 0 Å². The van der Waals surface area contributed by atoms with Gasteiger partial charge in [-0.15, -0.1) is 0 Å². The van der Waals surface area contributed by atoms with E-state index in [0.717, 1.165) is 12.8 Å². The Morgan fingerprint density at radius 3 is 2.36 bits per heavy atom. The normalized spacial score (nSPS) is 17.1. The van der Waals surface area contributed by atoms with Crippen molar-refractivity contribution in [1.82, 2.24) is 0 Å². The van der Waals surface area contributed by atoms with Crippen LogP contribution in [0.25, 0.3) is 0 Å². The van der Waals surface area contributed by atoms with Gasteiger partial charge in [0.05, 0.1) is 12.2 Å². The third-order valence-electron chi connectivity index (χ3n) is 1.59. The summed E-state index contributed by atoms with van der Waals surface area (Å²) in [6.45, 7) is 3.68. The molecule has 0 aliphatic heterocycles. The molecule has 0 aromatic rings. The van der Waals surface area contributed by atoms with Gasteiger partial charge in [-0.3, -0.25) is 0 Å². The Bertz CT molecular complexity index is 108. The molecular formula is C9H18O2. The highest BCUT2D eigenvalue weighted by molar-refractivity contribution is 4.81. The molecular weight excluding hydrogens is 140 g/mol. The first-order valence-corrected chi connectivity index (χ1v) is 4.19. The molecule has 0 aromatic carbocycles. The Labute approximate surface area is 68.6 Å². The van der Waals surface area contributed by atoms with E-state index in [9.17, 15) is 0 Å². The second kappa shape index (κ2) is 6.38. The summed E-state index contributed by atoms with van der Waals surface area (Å²) in [5, 5.41) is 18.0. The lowest BCUT2D eigenvalue weighted by Gasteiger charge is -2.11. The predicted molar refractivity (Wildman–Crippen MR) is 46.4 cm³/mol. The third kappa shape index (κ3) is 6.07. The predicted octanol–water partition coefficient (Wildman–Crippen LogP) is 1.47. The number of aliphatic hydroxyl groups excluding tert-OH is 2. The molecule has 0 bridgehead atoms. The van der Waals surface area contributed by atoms with E-state index in [1.807, 2.05) is 6.08 Å². The van der Waals surface area contributed by atoms with Gasteiger partial charge in [-0.1, -0.05) is 19.1 Å². The second-order valence-electron chi connectivity index (χ2n) is 2.76. The van der Waals surface area contributed by atoms with Gasteiger partial charge >= 0.3 is 0 Å². The zero-order valence-electron chi connectivity index (χ0n) is 7.33. The molecule has 2 heteroatoms. The first-order valence-electron chi connectivity index (χ1n) is 4.19. The van der Waals surface area contributed by atoms with Gasteiger partial charge in [-0.25, -0.2) is 0 Å². The summed E-state index contributed by atoms with van der Waals surface area (Å²) in [5.74, 6) is 0. The van der Waals surface area contributed by atoms with Crippen molar-refractivity contribution < 1.29 is 10.2 Å². The van der Waals surface area contributed by atoms with Crippen molar-refractivity contribution in [3.05, 3.63) is 12.2 Å². The van der Waals surface area contributed by atoms with Gasteiger partial charge < -0.3 is 10.2 Å². The maximum Gasteiger partial charge on any atom is 0.0799 e. The van der Waals surface area contributed by atoms with Gasteiger partial charge in [0.2, 0.25) is 0 Å². The molecule has 0 rings (SSSR count). The lowest BCUT2D eigenvalue weighted by atomic mass is 10.1. The fraction of sp³-hybridized carbons (Fsp3) is 0.778. The van der Waals surface area contributed by atoms with Crippen molar-refractivity contribution in [2.24, 2.45) is 0 Å². The van der Waals surface area contributed by atoms with Crippen LogP contribution in [0.5, 0.6) is 0 Å². The molecule has 0 amide bonds. The fourth-order valence-electron chi connectivity index (χ4n) is 0.793. The van der Waals surface area contributed by atoms with Gasteiger partial charge in [0.15, 0.2) is 0 Å². The maximum atomic E-state index is 9.14. The minimum absolute atomic E-state index is 0.573. The van der Waals surface area contributed by atoms with Crippen molar-refractivity contribution in [2.45, 2.75) is 45.3 Å². The smallest absolute Gasteiger partial charge is 0.0799 e. The summed E-state index contributed by atoms with van der Waals surface area (Å²) in [6.07, 6.45) is 5.45. The van der Waals surface area contributed by atoms with Crippen LogP contribution in [0, 0.1) is 0 Å². The summed E-state index contributed by atoms with van der Waals surface area (Å²) in [4.78, 5) is 0. The Kier molecular flexibility index (Phi) is 6.18. The average molecular weight is 158 g/mol. The van der Waals surface area contributed by atoms with Crippen LogP contribution in [0.1, 0.15) is 33.1 Å². The molecule has 0 aromatic heterocycles. The third-order valence-corrected chi connectivity index (χ3v) is 1.59. The molecule has 2 atom stereocenters. The summed E-state index contributed by atoms with van der Waals surface area (Å²) < 4.78 is 0. The zero-order valence-corrected chi connectivity index (χ0v) is 7.33. The van der Waals surface area contributed by atoms with Crippen LogP contribution in [0.3, 0.4) is 0 Å². The molecule has 2 unspecified atom stereocenters. The fourth-order valence-corrected chi connectivity index (χ4v) is 0.793. The number of aliphatic hydroxyl groups is 2. The Morgan fingerprint density at radius 2 is 1.91 bits per heavy atom. The highest BCUT2D eigenvalue weighted by Crippen LogP contribution is 2.02. The van der Waals surface area contributed by atoms with Gasteiger partial charge in [-0.05, 0) is 26.2 Å². The molecule has 2 N–H and O–H groups in total. The van der Waals surface area contributed by atoms with Crippen molar-refractivity contribution in [1.29, 1.82) is 0 Å². The molecule has 0 aliphatic rings. The van der Waals surface area contributed by atoms with Gasteiger partial charge in [0.25, 0.3) is 0 Å². The highest BCUT2D eigenvalue weighted by atomic mass is 16.3. The van der Waals surface area contributed by atoms with E-state index in [1.54, 1.807) is 6.92 Å². The number of allylic oxidation sites excluding steroid dienone is 2. The van der Waals surface area contributed by atoms with Crippen LogP contribution in [-0.4, -0.2) is 22.4 Å². The van der Waals surface area contributed by atoms with Crippen molar-refractivity contribution in [2.75, 3.05) is 0 Å². The summed E-state index contributed by atoms with van der Waals surface area (Å²) in [5.41, 5.74) is 0. The van der Waals surface area contributed by atoms with Gasteiger partial charge in [-0.2, -0.15) is 0 Å². The van der Waals surface area contributed by atoms with E-state index in [0.29, 0.717) is 6.42 Å². The Hall–Kier alpha value is -0.340. The highest BCUT2D eigenvalue weighted by Gasteiger charge is 2.08. The molecule has 0 radical (unpaired) electrons. The molecule has 0 heterocycles. The van der Waals surface area contributed by atoms with Crippen molar-refractivity contribution >= 4 is 0 Å². The van der Waals surface area contributed by atoms with E-state index in [1.165, 1.54) is 0 Å². The zero-order chi connectivity index (χ0) is 8.69. The van der Waals surface area contributed by atoms with Crippen LogP contribution >= 0.6 is 0 Å².